The summed E-state index contributed by atoms with van der Waals surface area (Å²) in [6.07, 6.45) is -0.115. The molecular formula is C15H18N4O4. The molecule has 23 heavy (non-hydrogen) atoms. The summed E-state index contributed by atoms with van der Waals surface area (Å²) in [5.41, 5.74) is 1.37. The summed E-state index contributed by atoms with van der Waals surface area (Å²) >= 11 is 0. The first-order valence-electron chi connectivity index (χ1n) is 7.06. The highest BCUT2D eigenvalue weighted by Crippen LogP contribution is 2.21. The van der Waals surface area contributed by atoms with Gasteiger partial charge in [-0.05, 0) is 23.8 Å². The van der Waals surface area contributed by atoms with E-state index in [1.807, 2.05) is 0 Å². The number of aliphatic hydroxyl groups is 1. The molecule has 0 aliphatic rings. The molecule has 0 aliphatic carbocycles. The summed E-state index contributed by atoms with van der Waals surface area (Å²) < 4.78 is 5.21. The smallest absolute Gasteiger partial charge is 0.171 e. The number of carbonyl (C=O) groups is 2. The molecule has 8 heteroatoms. The van der Waals surface area contributed by atoms with E-state index in [1.165, 1.54) is 11.9 Å². The zero-order chi connectivity index (χ0) is 16.8. The van der Waals surface area contributed by atoms with Crippen molar-refractivity contribution in [1.82, 2.24) is 20.2 Å². The van der Waals surface area contributed by atoms with Gasteiger partial charge in [0.25, 0.3) is 0 Å². The number of rotatable bonds is 8. The maximum absolute atomic E-state index is 12.0. The van der Waals surface area contributed by atoms with Gasteiger partial charge < -0.3 is 9.84 Å². The predicted octanol–water partition coefficient (Wildman–Crippen LogP) is 0.253. The molecule has 0 bridgehead atoms. The van der Waals surface area contributed by atoms with Crippen LogP contribution in [0.1, 0.15) is 23.4 Å². The zero-order valence-electron chi connectivity index (χ0n) is 13.0. The Hall–Kier alpha value is -2.61. The van der Waals surface area contributed by atoms with Gasteiger partial charge in [0.2, 0.25) is 0 Å². The molecule has 0 saturated heterocycles. The van der Waals surface area contributed by atoms with Crippen molar-refractivity contribution < 1.29 is 19.4 Å². The number of ether oxygens (including phenoxy) is 1. The second-order valence-corrected chi connectivity index (χ2v) is 5.10. The van der Waals surface area contributed by atoms with Crippen LogP contribution >= 0.6 is 0 Å². The van der Waals surface area contributed by atoms with Gasteiger partial charge in [-0.25, -0.2) is 0 Å². The molecule has 122 valence electrons. The highest BCUT2D eigenvalue weighted by Gasteiger charge is 2.15. The van der Waals surface area contributed by atoms with E-state index in [4.69, 9.17) is 9.84 Å². The number of hydrogen-bond acceptors (Lipinski definition) is 7. The number of methoxy groups -OCH3 is 1. The molecule has 0 saturated carbocycles. The molecule has 0 atom stereocenters. The second kappa shape index (κ2) is 7.59. The lowest BCUT2D eigenvalue weighted by Gasteiger charge is -2.09. The van der Waals surface area contributed by atoms with Crippen molar-refractivity contribution in [2.24, 2.45) is 0 Å². The third-order valence-electron chi connectivity index (χ3n) is 3.19. The number of hydrogen-bond donors (Lipinski definition) is 1. The fraction of sp³-hybridized carbons (Fsp3) is 0.400. The van der Waals surface area contributed by atoms with Crippen LogP contribution in [0.2, 0.25) is 0 Å². The number of Topliss-reactive ketones (excluding diaryl/α,β-unsaturated/α-hetero) is 2. The SMILES string of the molecule is COc1cc(CO)ccc1CC(=O)CC(=O)Cn1nnc(C)n1. The minimum Gasteiger partial charge on any atom is -0.496 e. The molecule has 1 heterocycles. The maximum atomic E-state index is 12.0. The minimum atomic E-state index is -0.279. The van der Waals surface area contributed by atoms with Gasteiger partial charge in [0.15, 0.2) is 11.6 Å². The minimum absolute atomic E-state index is 0.0762. The Morgan fingerprint density at radius 1 is 1.30 bits per heavy atom. The van der Waals surface area contributed by atoms with Crippen molar-refractivity contribution in [3.8, 4) is 5.75 Å². The normalized spacial score (nSPS) is 10.6. The molecule has 1 aromatic carbocycles. The van der Waals surface area contributed by atoms with Crippen LogP contribution in [-0.4, -0.2) is 44.0 Å². The molecule has 0 radical (unpaired) electrons. The van der Waals surface area contributed by atoms with Crippen LogP contribution in [0.5, 0.6) is 5.75 Å². The number of benzene rings is 1. The Kier molecular flexibility index (Phi) is 5.53. The number of aryl methyl sites for hydroxylation is 1. The number of nitrogens with zero attached hydrogens (tertiary/aromatic N) is 4. The Balaban J connectivity index is 1.95. The van der Waals surface area contributed by atoms with Crippen LogP contribution < -0.4 is 4.74 Å². The molecule has 0 aliphatic heterocycles. The van der Waals surface area contributed by atoms with E-state index in [1.54, 1.807) is 25.1 Å². The van der Waals surface area contributed by atoms with E-state index < -0.39 is 0 Å². The zero-order valence-corrected chi connectivity index (χ0v) is 13.0. The number of tetrazole rings is 1. The van der Waals surface area contributed by atoms with Crippen molar-refractivity contribution in [3.05, 3.63) is 35.2 Å². The lowest BCUT2D eigenvalue weighted by molar-refractivity contribution is -0.127. The molecule has 8 nitrogen and oxygen atoms in total. The Bertz CT molecular complexity index is 711. The molecule has 0 fully saturated rings. The highest BCUT2D eigenvalue weighted by molar-refractivity contribution is 5.99. The molecular weight excluding hydrogens is 300 g/mol. The number of aromatic nitrogens is 4. The van der Waals surface area contributed by atoms with Gasteiger partial charge in [0, 0.05) is 12.0 Å². The van der Waals surface area contributed by atoms with E-state index in [-0.39, 0.29) is 37.6 Å². The fourth-order valence-corrected chi connectivity index (χ4v) is 2.13. The molecule has 1 N–H and O–H groups in total. The number of ketones is 2. The van der Waals surface area contributed by atoms with Gasteiger partial charge in [-0.3, -0.25) is 9.59 Å². The average molecular weight is 318 g/mol. The molecule has 2 rings (SSSR count). The van der Waals surface area contributed by atoms with E-state index in [0.717, 1.165) is 0 Å². The van der Waals surface area contributed by atoms with Gasteiger partial charge in [-0.1, -0.05) is 12.1 Å². The fourth-order valence-electron chi connectivity index (χ4n) is 2.13. The van der Waals surface area contributed by atoms with E-state index >= 15 is 0 Å². The van der Waals surface area contributed by atoms with Crippen LogP contribution in [0.15, 0.2) is 18.2 Å². The van der Waals surface area contributed by atoms with Crippen molar-refractivity contribution >= 4 is 11.6 Å². The Labute approximate surface area is 133 Å². The summed E-state index contributed by atoms with van der Waals surface area (Å²) in [4.78, 5) is 25.1. The van der Waals surface area contributed by atoms with Crippen LogP contribution in [0.4, 0.5) is 0 Å². The van der Waals surface area contributed by atoms with Crippen LogP contribution in [-0.2, 0) is 29.2 Å². The van der Waals surface area contributed by atoms with Gasteiger partial charge >= 0.3 is 0 Å². The molecule has 0 amide bonds. The molecule has 0 spiro atoms. The first-order chi connectivity index (χ1) is 11.0. The van der Waals surface area contributed by atoms with Gasteiger partial charge in [-0.15, -0.1) is 10.2 Å². The van der Waals surface area contributed by atoms with Crippen LogP contribution in [0.3, 0.4) is 0 Å². The number of aliphatic hydroxyl groups excluding tert-OH is 1. The van der Waals surface area contributed by atoms with Crippen LogP contribution in [0, 0.1) is 6.92 Å². The van der Waals surface area contributed by atoms with Crippen molar-refractivity contribution in [2.75, 3.05) is 7.11 Å². The summed E-state index contributed by atoms with van der Waals surface area (Å²) in [6.45, 7) is 1.49. The van der Waals surface area contributed by atoms with Crippen molar-refractivity contribution in [3.63, 3.8) is 0 Å². The highest BCUT2D eigenvalue weighted by atomic mass is 16.5. The first-order valence-corrected chi connectivity index (χ1v) is 7.06. The van der Waals surface area contributed by atoms with E-state index in [2.05, 4.69) is 15.4 Å². The third kappa shape index (κ3) is 4.68. The molecule has 1 aromatic heterocycles. The predicted molar refractivity (Wildman–Crippen MR) is 79.8 cm³/mol. The quantitative estimate of drug-likeness (QED) is 0.695. The number of carbonyl (C=O) groups excluding carboxylic acids is 2. The monoisotopic (exact) mass is 318 g/mol. The van der Waals surface area contributed by atoms with Crippen molar-refractivity contribution in [1.29, 1.82) is 0 Å². The molecule has 0 unspecified atom stereocenters. The lowest BCUT2D eigenvalue weighted by Crippen LogP contribution is -2.17. The Morgan fingerprint density at radius 3 is 2.70 bits per heavy atom. The standard InChI is InChI=1S/C15H18N4O4/c1-10-16-18-19(17-10)8-14(22)7-13(21)6-12-4-3-11(9-20)5-15(12)23-2/h3-5,20H,6-9H2,1-2H3. The topological polar surface area (TPSA) is 107 Å². The van der Waals surface area contributed by atoms with E-state index in [9.17, 15) is 9.59 Å². The van der Waals surface area contributed by atoms with E-state index in [0.29, 0.717) is 22.7 Å². The summed E-state index contributed by atoms with van der Waals surface area (Å²) in [5.74, 6) is 0.490. The Morgan fingerprint density at radius 2 is 2.09 bits per heavy atom. The van der Waals surface area contributed by atoms with Gasteiger partial charge in [0.1, 0.15) is 18.1 Å². The van der Waals surface area contributed by atoms with Gasteiger partial charge in [-0.2, -0.15) is 4.80 Å². The third-order valence-corrected chi connectivity index (χ3v) is 3.19. The summed E-state index contributed by atoms with van der Waals surface area (Å²) in [6, 6.07) is 5.11. The summed E-state index contributed by atoms with van der Waals surface area (Å²) in [7, 11) is 1.49. The molecule has 2 aromatic rings. The first kappa shape index (κ1) is 16.8. The average Bonchev–Trinajstić information content (AvgIpc) is 2.92. The van der Waals surface area contributed by atoms with Crippen molar-refractivity contribution in [2.45, 2.75) is 32.9 Å². The second-order valence-electron chi connectivity index (χ2n) is 5.10. The van der Waals surface area contributed by atoms with Gasteiger partial charge in [0.05, 0.1) is 20.1 Å². The lowest BCUT2D eigenvalue weighted by atomic mass is 10.0. The van der Waals surface area contributed by atoms with Crippen LogP contribution in [0.25, 0.3) is 0 Å². The largest absolute Gasteiger partial charge is 0.496 e. The maximum Gasteiger partial charge on any atom is 0.171 e. The summed E-state index contributed by atoms with van der Waals surface area (Å²) in [5, 5.41) is 20.4.